The van der Waals surface area contributed by atoms with Crippen molar-refractivity contribution < 1.29 is 0 Å². The molecule has 2 aromatic rings. The lowest BCUT2D eigenvalue weighted by molar-refractivity contribution is 0.316. The largest absolute Gasteiger partial charge is 0.384 e. The molecule has 4 heteroatoms. The Kier molecular flexibility index (Phi) is 10.6. The van der Waals surface area contributed by atoms with E-state index in [9.17, 15) is 0 Å². The minimum absolute atomic E-state index is 0.972. The Morgan fingerprint density at radius 1 is 0.552 bits per heavy atom. The van der Waals surface area contributed by atoms with Crippen molar-refractivity contribution in [2.75, 3.05) is 63.0 Å². The number of nitrogens with zero attached hydrogens (tertiary/aromatic N) is 2. The Bertz CT molecular complexity index is 599. The molecule has 2 aromatic carbocycles. The Morgan fingerprint density at radius 3 is 1.21 bits per heavy atom. The average Bonchev–Trinajstić information content (AvgIpc) is 2.76. The second-order valence-corrected chi connectivity index (χ2v) is 7.48. The number of hydrogen-bond acceptors (Lipinski definition) is 4. The highest BCUT2D eigenvalue weighted by Crippen LogP contribution is 2.16. The number of anilines is 2. The molecular weight excluding hydrogens is 356 g/mol. The smallest absolute Gasteiger partial charge is 0.0340 e. The van der Waals surface area contributed by atoms with Gasteiger partial charge in [-0.15, -0.1) is 0 Å². The highest BCUT2D eigenvalue weighted by Gasteiger charge is 2.01. The molecule has 0 spiro atoms. The van der Waals surface area contributed by atoms with Gasteiger partial charge in [0.05, 0.1) is 0 Å². The molecule has 0 fully saturated rings. The van der Waals surface area contributed by atoms with E-state index in [4.69, 9.17) is 0 Å². The first-order valence-electron chi connectivity index (χ1n) is 11.3. The Balaban J connectivity index is 1.76. The lowest BCUT2D eigenvalue weighted by Gasteiger charge is -2.18. The number of rotatable bonds is 14. The molecule has 0 aliphatic heterocycles. The number of nitrogens with one attached hydrogen (secondary N) is 2. The third-order valence-electron chi connectivity index (χ3n) is 5.62. The topological polar surface area (TPSA) is 30.5 Å². The van der Waals surface area contributed by atoms with Gasteiger partial charge in [0.1, 0.15) is 0 Å². The summed E-state index contributed by atoms with van der Waals surface area (Å²) >= 11 is 0. The Hall–Kier alpha value is -2.04. The summed E-state index contributed by atoms with van der Waals surface area (Å²) in [6.45, 7) is 17.5. The van der Waals surface area contributed by atoms with Crippen LogP contribution in [0.3, 0.4) is 0 Å². The summed E-state index contributed by atoms with van der Waals surface area (Å²) in [5.41, 5.74) is 5.10. The van der Waals surface area contributed by atoms with Crippen LogP contribution >= 0.6 is 0 Å². The highest BCUT2D eigenvalue weighted by atomic mass is 15.1. The molecule has 0 unspecified atom stereocenters. The first kappa shape index (κ1) is 23.2. The quantitative estimate of drug-likeness (QED) is 0.481. The van der Waals surface area contributed by atoms with Crippen molar-refractivity contribution in [1.29, 1.82) is 0 Å². The fraction of sp³-hybridized carbons (Fsp3) is 0.520. The summed E-state index contributed by atoms with van der Waals surface area (Å²) in [4.78, 5) is 4.87. The summed E-state index contributed by atoms with van der Waals surface area (Å²) in [5, 5.41) is 7.05. The number of benzene rings is 2. The van der Waals surface area contributed by atoms with E-state index < -0.39 is 0 Å². The van der Waals surface area contributed by atoms with E-state index in [1.54, 1.807) is 0 Å². The van der Waals surface area contributed by atoms with Crippen molar-refractivity contribution in [3.63, 3.8) is 0 Å². The number of hydrogen-bond donors (Lipinski definition) is 2. The van der Waals surface area contributed by atoms with Gasteiger partial charge in [0.15, 0.2) is 0 Å². The third-order valence-corrected chi connectivity index (χ3v) is 5.62. The normalized spacial score (nSPS) is 11.2. The summed E-state index contributed by atoms with van der Waals surface area (Å²) in [6.07, 6.45) is 0.972. The van der Waals surface area contributed by atoms with Crippen LogP contribution in [0, 0.1) is 0 Å². The van der Waals surface area contributed by atoms with E-state index in [0.29, 0.717) is 0 Å². The molecule has 0 saturated carbocycles. The van der Waals surface area contributed by atoms with Gasteiger partial charge < -0.3 is 20.4 Å². The van der Waals surface area contributed by atoms with Gasteiger partial charge in [-0.05, 0) is 68.0 Å². The maximum Gasteiger partial charge on any atom is 0.0340 e. The second-order valence-electron chi connectivity index (χ2n) is 7.48. The zero-order valence-corrected chi connectivity index (χ0v) is 18.9. The molecule has 0 radical (unpaired) electrons. The van der Waals surface area contributed by atoms with Crippen LogP contribution in [0.5, 0.6) is 0 Å². The number of likely N-dealkylation sites (N-methyl/N-ethyl adjacent to an activating group) is 2. The maximum atomic E-state index is 3.52. The maximum absolute atomic E-state index is 3.52. The van der Waals surface area contributed by atoms with Gasteiger partial charge >= 0.3 is 0 Å². The molecule has 0 saturated heterocycles. The molecule has 4 nitrogen and oxygen atoms in total. The standard InChI is InChI=1S/C25H40N4/c1-5-28(6-2)19-17-26-24-13-9-22(10-14-24)21-23-11-15-25(16-12-23)27-18-20-29(7-3)8-4/h9-16,26-27H,5-8,17-21H2,1-4H3. The molecule has 0 atom stereocenters. The van der Waals surface area contributed by atoms with Crippen molar-refractivity contribution in [2.24, 2.45) is 0 Å². The third kappa shape index (κ3) is 8.46. The summed E-state index contributed by atoms with van der Waals surface area (Å²) < 4.78 is 0. The van der Waals surface area contributed by atoms with Crippen LogP contribution in [-0.4, -0.2) is 62.2 Å². The molecule has 2 N–H and O–H groups in total. The van der Waals surface area contributed by atoms with Gasteiger partial charge in [-0.3, -0.25) is 0 Å². The molecule has 0 aromatic heterocycles. The Labute approximate surface area is 178 Å². The lowest BCUT2D eigenvalue weighted by Crippen LogP contribution is -2.28. The van der Waals surface area contributed by atoms with Gasteiger partial charge in [-0.1, -0.05) is 52.0 Å². The summed E-state index contributed by atoms with van der Waals surface area (Å²) in [7, 11) is 0. The molecule has 2 rings (SSSR count). The second kappa shape index (κ2) is 13.2. The zero-order valence-electron chi connectivity index (χ0n) is 18.9. The van der Waals surface area contributed by atoms with Crippen LogP contribution in [0.15, 0.2) is 48.5 Å². The average molecular weight is 397 g/mol. The molecule has 0 aliphatic carbocycles. The van der Waals surface area contributed by atoms with Gasteiger partial charge in [-0.2, -0.15) is 0 Å². The van der Waals surface area contributed by atoms with Gasteiger partial charge in [0, 0.05) is 37.6 Å². The molecular formula is C25H40N4. The van der Waals surface area contributed by atoms with Crippen molar-refractivity contribution in [2.45, 2.75) is 34.1 Å². The van der Waals surface area contributed by atoms with Crippen LogP contribution in [0.25, 0.3) is 0 Å². The van der Waals surface area contributed by atoms with E-state index in [1.165, 1.54) is 22.5 Å². The van der Waals surface area contributed by atoms with Gasteiger partial charge in [0.2, 0.25) is 0 Å². The Morgan fingerprint density at radius 2 is 0.897 bits per heavy atom. The fourth-order valence-corrected chi connectivity index (χ4v) is 3.51. The lowest BCUT2D eigenvalue weighted by atomic mass is 10.0. The minimum Gasteiger partial charge on any atom is -0.384 e. The van der Waals surface area contributed by atoms with Crippen LogP contribution in [0.2, 0.25) is 0 Å². The van der Waals surface area contributed by atoms with Crippen LogP contribution < -0.4 is 10.6 Å². The van der Waals surface area contributed by atoms with Crippen molar-refractivity contribution in [3.05, 3.63) is 59.7 Å². The first-order valence-corrected chi connectivity index (χ1v) is 11.3. The van der Waals surface area contributed by atoms with E-state index in [2.05, 4.69) is 96.7 Å². The first-order chi connectivity index (χ1) is 14.2. The predicted molar refractivity (Wildman–Crippen MR) is 128 cm³/mol. The summed E-state index contributed by atoms with van der Waals surface area (Å²) in [6, 6.07) is 17.7. The van der Waals surface area contributed by atoms with E-state index in [-0.39, 0.29) is 0 Å². The molecule has 0 amide bonds. The molecule has 0 aliphatic rings. The molecule has 0 heterocycles. The van der Waals surface area contributed by atoms with E-state index in [0.717, 1.165) is 58.8 Å². The minimum atomic E-state index is 0.972. The van der Waals surface area contributed by atoms with E-state index in [1.807, 2.05) is 0 Å². The van der Waals surface area contributed by atoms with Crippen LogP contribution in [0.1, 0.15) is 38.8 Å². The molecule has 29 heavy (non-hydrogen) atoms. The van der Waals surface area contributed by atoms with Crippen molar-refractivity contribution >= 4 is 11.4 Å². The zero-order chi connectivity index (χ0) is 20.9. The molecule has 0 bridgehead atoms. The van der Waals surface area contributed by atoms with Crippen LogP contribution in [-0.2, 0) is 6.42 Å². The van der Waals surface area contributed by atoms with Crippen LogP contribution in [0.4, 0.5) is 11.4 Å². The molecule has 160 valence electrons. The SMILES string of the molecule is CCN(CC)CCNc1ccc(Cc2ccc(NCCN(CC)CC)cc2)cc1. The monoisotopic (exact) mass is 396 g/mol. The highest BCUT2D eigenvalue weighted by molar-refractivity contribution is 5.47. The van der Waals surface area contributed by atoms with Crippen molar-refractivity contribution in [1.82, 2.24) is 9.80 Å². The van der Waals surface area contributed by atoms with Crippen molar-refractivity contribution in [3.8, 4) is 0 Å². The predicted octanol–water partition coefficient (Wildman–Crippen LogP) is 4.78. The van der Waals surface area contributed by atoms with Gasteiger partial charge in [-0.25, -0.2) is 0 Å². The fourth-order valence-electron chi connectivity index (χ4n) is 3.51. The van der Waals surface area contributed by atoms with E-state index >= 15 is 0 Å². The van der Waals surface area contributed by atoms with Gasteiger partial charge in [0.25, 0.3) is 0 Å². The summed E-state index contributed by atoms with van der Waals surface area (Å²) in [5.74, 6) is 0.